The molecule has 4 rings (SSSR count). The minimum absolute atomic E-state index is 0.0369. The first kappa shape index (κ1) is 19.2. The van der Waals surface area contributed by atoms with Crippen LogP contribution in [0.2, 0.25) is 0 Å². The van der Waals surface area contributed by atoms with Crippen molar-refractivity contribution in [1.29, 1.82) is 0 Å². The van der Waals surface area contributed by atoms with Crippen molar-refractivity contribution >= 4 is 22.2 Å². The summed E-state index contributed by atoms with van der Waals surface area (Å²) < 4.78 is 40.3. The molecule has 4 nitrogen and oxygen atoms in total. The van der Waals surface area contributed by atoms with E-state index < -0.39 is 11.7 Å². The summed E-state index contributed by atoms with van der Waals surface area (Å²) in [6.45, 7) is 0.0369. The average molecular weight is 415 g/mol. The van der Waals surface area contributed by atoms with Gasteiger partial charge in [-0.2, -0.15) is 13.2 Å². The fourth-order valence-corrected chi connectivity index (χ4v) is 3.86. The number of hydrogen-bond donors (Lipinski definition) is 1. The van der Waals surface area contributed by atoms with Gasteiger partial charge in [-0.3, -0.25) is 9.20 Å². The molecule has 0 saturated heterocycles. The summed E-state index contributed by atoms with van der Waals surface area (Å²) >= 11 is 1.44. The number of halogens is 3. The van der Waals surface area contributed by atoms with E-state index >= 15 is 0 Å². The molecule has 0 aliphatic rings. The maximum Gasteiger partial charge on any atom is 0.416 e. The standard InChI is InChI=1S/C21H16F3N3OS/c22-21(23,24)16-8-4-5-14(9-16)11-25-19(28)10-17-13-29-20-26-18(12-27(17)20)15-6-2-1-3-7-15/h1-9,12-13H,10-11H2,(H,25,28). The number of fused-ring (bicyclic) bond motifs is 1. The molecular weight excluding hydrogens is 399 g/mol. The predicted molar refractivity (Wildman–Crippen MR) is 105 cm³/mol. The van der Waals surface area contributed by atoms with Gasteiger partial charge >= 0.3 is 6.18 Å². The quantitative estimate of drug-likeness (QED) is 0.502. The Morgan fingerprint density at radius 1 is 1.10 bits per heavy atom. The molecule has 2 heterocycles. The zero-order valence-electron chi connectivity index (χ0n) is 15.1. The number of nitrogens with one attached hydrogen (secondary N) is 1. The van der Waals surface area contributed by atoms with E-state index in [1.54, 1.807) is 6.07 Å². The van der Waals surface area contributed by atoms with Crippen LogP contribution in [0.5, 0.6) is 0 Å². The van der Waals surface area contributed by atoms with Crippen LogP contribution < -0.4 is 5.32 Å². The third-order valence-electron chi connectivity index (χ3n) is 4.44. The minimum atomic E-state index is -4.40. The molecule has 29 heavy (non-hydrogen) atoms. The van der Waals surface area contributed by atoms with Gasteiger partial charge in [0.1, 0.15) is 0 Å². The van der Waals surface area contributed by atoms with Gasteiger partial charge in [0.15, 0.2) is 4.96 Å². The third kappa shape index (κ3) is 4.32. The van der Waals surface area contributed by atoms with Crippen molar-refractivity contribution in [2.24, 2.45) is 0 Å². The second-order valence-electron chi connectivity index (χ2n) is 6.52. The van der Waals surface area contributed by atoms with Crippen LogP contribution in [0.4, 0.5) is 13.2 Å². The van der Waals surface area contributed by atoms with Gasteiger partial charge in [0.25, 0.3) is 0 Å². The molecule has 8 heteroatoms. The molecule has 0 unspecified atom stereocenters. The van der Waals surface area contributed by atoms with Crippen LogP contribution in [0.3, 0.4) is 0 Å². The van der Waals surface area contributed by atoms with Crippen LogP contribution in [0.15, 0.2) is 66.2 Å². The molecule has 148 valence electrons. The van der Waals surface area contributed by atoms with Crippen molar-refractivity contribution in [3.8, 4) is 11.3 Å². The number of rotatable bonds is 5. The second-order valence-corrected chi connectivity index (χ2v) is 7.36. The lowest BCUT2D eigenvalue weighted by molar-refractivity contribution is -0.137. The van der Waals surface area contributed by atoms with Crippen molar-refractivity contribution in [2.45, 2.75) is 19.1 Å². The number of carbonyl (C=O) groups is 1. The number of aromatic nitrogens is 2. The molecule has 1 N–H and O–H groups in total. The van der Waals surface area contributed by atoms with Crippen LogP contribution in [0, 0.1) is 0 Å². The second kappa shape index (κ2) is 7.71. The molecule has 0 radical (unpaired) electrons. The lowest BCUT2D eigenvalue weighted by Crippen LogP contribution is -2.25. The minimum Gasteiger partial charge on any atom is -0.352 e. The predicted octanol–water partition coefficient (Wildman–Crippen LogP) is 4.94. The monoisotopic (exact) mass is 415 g/mol. The Hall–Kier alpha value is -3.13. The summed E-state index contributed by atoms with van der Waals surface area (Å²) in [7, 11) is 0. The van der Waals surface area contributed by atoms with Crippen molar-refractivity contribution in [1.82, 2.24) is 14.7 Å². The van der Waals surface area contributed by atoms with Gasteiger partial charge in [-0.1, -0.05) is 42.5 Å². The lowest BCUT2D eigenvalue weighted by atomic mass is 10.1. The summed E-state index contributed by atoms with van der Waals surface area (Å²) in [5, 5.41) is 4.55. The normalized spacial score (nSPS) is 11.7. The van der Waals surface area contributed by atoms with E-state index in [9.17, 15) is 18.0 Å². The van der Waals surface area contributed by atoms with E-state index in [4.69, 9.17) is 0 Å². The van der Waals surface area contributed by atoms with Gasteiger partial charge in [0.2, 0.25) is 5.91 Å². The molecule has 4 aromatic rings. The first-order valence-corrected chi connectivity index (χ1v) is 9.72. The largest absolute Gasteiger partial charge is 0.416 e. The van der Waals surface area contributed by atoms with Gasteiger partial charge in [0.05, 0.1) is 17.7 Å². The highest BCUT2D eigenvalue weighted by atomic mass is 32.1. The Labute approximate surface area is 168 Å². The molecule has 0 aliphatic heterocycles. The van der Waals surface area contributed by atoms with Gasteiger partial charge < -0.3 is 5.32 Å². The van der Waals surface area contributed by atoms with E-state index in [1.807, 2.05) is 46.3 Å². The van der Waals surface area contributed by atoms with Crippen LogP contribution in [0.1, 0.15) is 16.8 Å². The van der Waals surface area contributed by atoms with Gasteiger partial charge in [-0.05, 0) is 17.7 Å². The number of alkyl halides is 3. The number of imidazole rings is 1. The molecule has 1 amide bonds. The van der Waals surface area contributed by atoms with Crippen LogP contribution in [-0.2, 0) is 23.9 Å². The van der Waals surface area contributed by atoms with Crippen molar-refractivity contribution < 1.29 is 18.0 Å². The Kier molecular flexibility index (Phi) is 5.10. The summed E-state index contributed by atoms with van der Waals surface area (Å²) in [4.78, 5) is 17.7. The van der Waals surface area contributed by atoms with Crippen LogP contribution >= 0.6 is 11.3 Å². The number of benzene rings is 2. The van der Waals surface area contributed by atoms with Crippen LogP contribution in [-0.4, -0.2) is 15.3 Å². The molecule has 0 atom stereocenters. The smallest absolute Gasteiger partial charge is 0.352 e. The van der Waals surface area contributed by atoms with Crippen molar-refractivity contribution in [3.05, 3.63) is 83.0 Å². The zero-order valence-corrected chi connectivity index (χ0v) is 15.9. The first-order chi connectivity index (χ1) is 13.9. The molecular formula is C21H16F3N3OS. The maximum absolute atomic E-state index is 12.8. The molecule has 0 fully saturated rings. The molecule has 2 aromatic heterocycles. The fraction of sp³-hybridized carbons (Fsp3) is 0.143. The molecule has 0 bridgehead atoms. The number of amides is 1. The Bertz CT molecular complexity index is 1150. The van der Waals surface area contributed by atoms with Crippen molar-refractivity contribution in [3.63, 3.8) is 0 Å². The summed E-state index contributed by atoms with van der Waals surface area (Å²) in [6.07, 6.45) is -2.40. The SMILES string of the molecule is O=C(Cc1csc2nc(-c3ccccc3)cn12)NCc1cccc(C(F)(F)F)c1. The fourth-order valence-electron chi connectivity index (χ4n) is 2.99. The average Bonchev–Trinajstić information content (AvgIpc) is 3.29. The number of nitrogens with zero attached hydrogens (tertiary/aromatic N) is 2. The third-order valence-corrected chi connectivity index (χ3v) is 5.33. The summed E-state index contributed by atoms with van der Waals surface area (Å²) in [5.41, 5.74) is 2.26. The van der Waals surface area contributed by atoms with Gasteiger partial charge in [0, 0.05) is 29.4 Å². The highest BCUT2D eigenvalue weighted by Gasteiger charge is 2.30. The molecule has 2 aromatic carbocycles. The maximum atomic E-state index is 12.8. The van der Waals surface area contributed by atoms with E-state index in [1.165, 1.54) is 17.4 Å². The van der Waals surface area contributed by atoms with E-state index in [2.05, 4.69) is 10.3 Å². The zero-order chi connectivity index (χ0) is 20.4. The summed E-state index contributed by atoms with van der Waals surface area (Å²) in [6, 6.07) is 14.7. The molecule has 0 saturated carbocycles. The Morgan fingerprint density at radius 2 is 1.90 bits per heavy atom. The van der Waals surface area contributed by atoms with Crippen LogP contribution in [0.25, 0.3) is 16.2 Å². The molecule has 0 aliphatic carbocycles. The lowest BCUT2D eigenvalue weighted by Gasteiger charge is -2.09. The Morgan fingerprint density at radius 3 is 2.66 bits per heavy atom. The van der Waals surface area contributed by atoms with Gasteiger partial charge in [-0.15, -0.1) is 11.3 Å². The first-order valence-electron chi connectivity index (χ1n) is 8.84. The number of hydrogen-bond acceptors (Lipinski definition) is 3. The summed E-state index contributed by atoms with van der Waals surface area (Å²) in [5.74, 6) is -0.267. The van der Waals surface area contributed by atoms with E-state index in [-0.39, 0.29) is 18.9 Å². The number of carbonyl (C=O) groups excluding carboxylic acids is 1. The van der Waals surface area contributed by atoms with Gasteiger partial charge in [-0.25, -0.2) is 4.98 Å². The topological polar surface area (TPSA) is 46.4 Å². The highest BCUT2D eigenvalue weighted by Crippen LogP contribution is 2.29. The number of thiazole rings is 1. The molecule has 0 spiro atoms. The van der Waals surface area contributed by atoms with Crippen molar-refractivity contribution in [2.75, 3.05) is 0 Å². The van der Waals surface area contributed by atoms with E-state index in [0.29, 0.717) is 5.56 Å². The van der Waals surface area contributed by atoms with E-state index in [0.717, 1.165) is 34.0 Å². The Balaban J connectivity index is 1.44. The highest BCUT2D eigenvalue weighted by molar-refractivity contribution is 7.15.